The zero-order chi connectivity index (χ0) is 13.9. The number of hydrogen-bond acceptors (Lipinski definition) is 6. The average Bonchev–Trinajstić information content (AvgIpc) is 3.09. The average molecular weight is 303 g/mol. The van der Waals surface area contributed by atoms with Crippen LogP contribution < -0.4 is 5.73 Å². The van der Waals surface area contributed by atoms with Crippen LogP contribution >= 0.6 is 23.1 Å². The quantitative estimate of drug-likeness (QED) is 0.583. The number of rotatable bonds is 4. The number of nitrogens with zero attached hydrogens (tertiary/aromatic N) is 2. The van der Waals surface area contributed by atoms with E-state index in [2.05, 4.69) is 17.1 Å². The first kappa shape index (κ1) is 13.2. The molecule has 20 heavy (non-hydrogen) atoms. The smallest absolute Gasteiger partial charge is 0.237 e. The van der Waals surface area contributed by atoms with Gasteiger partial charge in [0.05, 0.1) is 10.6 Å². The fourth-order valence-corrected chi connectivity index (χ4v) is 3.29. The molecule has 102 valence electrons. The van der Waals surface area contributed by atoms with Gasteiger partial charge in [0, 0.05) is 10.6 Å². The van der Waals surface area contributed by atoms with Gasteiger partial charge in [-0.25, -0.2) is 0 Å². The van der Waals surface area contributed by atoms with Gasteiger partial charge >= 0.3 is 0 Å². The highest BCUT2D eigenvalue weighted by atomic mass is 32.2. The van der Waals surface area contributed by atoms with Crippen LogP contribution in [0.15, 0.2) is 45.1 Å². The number of thiophene rings is 1. The van der Waals surface area contributed by atoms with E-state index in [0.717, 1.165) is 15.5 Å². The monoisotopic (exact) mass is 303 g/mol. The molecule has 6 heteroatoms. The number of hydrogen-bond donors (Lipinski definition) is 1. The second-order valence-electron chi connectivity index (χ2n) is 4.30. The van der Waals surface area contributed by atoms with E-state index in [0.29, 0.717) is 17.5 Å². The molecule has 0 spiro atoms. The Kier molecular flexibility index (Phi) is 3.75. The van der Waals surface area contributed by atoms with Gasteiger partial charge in [0.15, 0.2) is 0 Å². The normalized spacial score (nSPS) is 10.8. The lowest BCUT2D eigenvalue weighted by Gasteiger charge is -2.04. The summed E-state index contributed by atoms with van der Waals surface area (Å²) >= 11 is 3.25. The molecule has 0 atom stereocenters. The van der Waals surface area contributed by atoms with Crippen molar-refractivity contribution in [1.82, 2.24) is 10.1 Å². The van der Waals surface area contributed by atoms with Crippen molar-refractivity contribution >= 4 is 28.8 Å². The first-order chi connectivity index (χ1) is 9.72. The Morgan fingerprint density at radius 3 is 3.05 bits per heavy atom. The lowest BCUT2D eigenvalue weighted by molar-refractivity contribution is 0.392. The van der Waals surface area contributed by atoms with Crippen molar-refractivity contribution in [1.29, 1.82) is 0 Å². The summed E-state index contributed by atoms with van der Waals surface area (Å²) in [5.41, 5.74) is 7.76. The summed E-state index contributed by atoms with van der Waals surface area (Å²) in [6, 6.07) is 9.84. The lowest BCUT2D eigenvalue weighted by Crippen LogP contribution is -1.88. The standard InChI is InChI=1S/C14H13N3OS2/c1-9-4-5-10(15)7-12(9)20-8-13-16-14(17-18-13)11-3-2-6-19-11/h2-7H,8,15H2,1H3. The number of aromatic nitrogens is 2. The Balaban J connectivity index is 1.71. The van der Waals surface area contributed by atoms with Crippen LogP contribution in [0.2, 0.25) is 0 Å². The summed E-state index contributed by atoms with van der Waals surface area (Å²) in [6.45, 7) is 2.06. The maximum Gasteiger partial charge on any atom is 0.237 e. The molecule has 2 aromatic heterocycles. The highest BCUT2D eigenvalue weighted by Crippen LogP contribution is 2.28. The van der Waals surface area contributed by atoms with Crippen LogP contribution in [0.3, 0.4) is 0 Å². The van der Waals surface area contributed by atoms with E-state index in [1.165, 1.54) is 5.56 Å². The highest BCUT2D eigenvalue weighted by Gasteiger charge is 2.10. The second kappa shape index (κ2) is 5.68. The van der Waals surface area contributed by atoms with Gasteiger partial charge in [-0.15, -0.1) is 23.1 Å². The van der Waals surface area contributed by atoms with E-state index in [-0.39, 0.29) is 0 Å². The summed E-state index contributed by atoms with van der Waals surface area (Å²) in [6.07, 6.45) is 0. The molecule has 2 N–H and O–H groups in total. The number of nitrogens with two attached hydrogens (primary N) is 1. The minimum Gasteiger partial charge on any atom is -0.399 e. The fourth-order valence-electron chi connectivity index (χ4n) is 1.73. The lowest BCUT2D eigenvalue weighted by atomic mass is 10.2. The summed E-state index contributed by atoms with van der Waals surface area (Å²) in [5.74, 6) is 1.92. The molecule has 0 amide bonds. The van der Waals surface area contributed by atoms with Crippen LogP contribution in [0.4, 0.5) is 5.69 Å². The topological polar surface area (TPSA) is 64.9 Å². The van der Waals surface area contributed by atoms with Crippen molar-refractivity contribution in [3.05, 3.63) is 47.2 Å². The third-order valence-electron chi connectivity index (χ3n) is 2.77. The molecular weight excluding hydrogens is 290 g/mol. The van der Waals surface area contributed by atoms with Crippen LogP contribution in [0.25, 0.3) is 10.7 Å². The predicted molar refractivity (Wildman–Crippen MR) is 82.8 cm³/mol. The predicted octanol–water partition coefficient (Wildman–Crippen LogP) is 3.98. The molecule has 0 aliphatic carbocycles. The zero-order valence-electron chi connectivity index (χ0n) is 10.9. The van der Waals surface area contributed by atoms with Gasteiger partial charge in [0.1, 0.15) is 0 Å². The van der Waals surface area contributed by atoms with E-state index in [9.17, 15) is 0 Å². The first-order valence-electron chi connectivity index (χ1n) is 6.08. The summed E-state index contributed by atoms with van der Waals surface area (Å²) in [5, 5.41) is 5.99. The van der Waals surface area contributed by atoms with Crippen molar-refractivity contribution in [3.8, 4) is 10.7 Å². The van der Waals surface area contributed by atoms with Gasteiger partial charge in [0.25, 0.3) is 0 Å². The summed E-state index contributed by atoms with van der Waals surface area (Å²) in [4.78, 5) is 6.56. The van der Waals surface area contributed by atoms with E-state index >= 15 is 0 Å². The van der Waals surface area contributed by atoms with Gasteiger partial charge in [0.2, 0.25) is 11.7 Å². The van der Waals surface area contributed by atoms with E-state index < -0.39 is 0 Å². The molecule has 4 nitrogen and oxygen atoms in total. The third kappa shape index (κ3) is 2.86. The van der Waals surface area contributed by atoms with Crippen LogP contribution in [-0.4, -0.2) is 10.1 Å². The molecule has 0 unspecified atom stereocenters. The Hall–Kier alpha value is -1.79. The SMILES string of the molecule is Cc1ccc(N)cc1SCc1nc(-c2cccs2)no1. The van der Waals surface area contributed by atoms with Crippen molar-refractivity contribution in [2.75, 3.05) is 5.73 Å². The Bertz CT molecular complexity index is 707. The van der Waals surface area contributed by atoms with Crippen molar-refractivity contribution in [2.45, 2.75) is 17.6 Å². The molecule has 1 aromatic carbocycles. The molecule has 0 aliphatic rings. The van der Waals surface area contributed by atoms with Gasteiger partial charge in [-0.3, -0.25) is 0 Å². The highest BCUT2D eigenvalue weighted by molar-refractivity contribution is 7.98. The van der Waals surface area contributed by atoms with Crippen LogP contribution in [0.5, 0.6) is 0 Å². The van der Waals surface area contributed by atoms with Crippen LogP contribution in [-0.2, 0) is 5.75 Å². The number of benzene rings is 1. The first-order valence-corrected chi connectivity index (χ1v) is 7.94. The van der Waals surface area contributed by atoms with E-state index in [1.807, 2.05) is 35.7 Å². The Morgan fingerprint density at radius 1 is 1.35 bits per heavy atom. The van der Waals surface area contributed by atoms with Crippen molar-refractivity contribution in [3.63, 3.8) is 0 Å². The molecule has 0 saturated heterocycles. The molecular formula is C14H13N3OS2. The summed E-state index contributed by atoms with van der Waals surface area (Å²) < 4.78 is 5.27. The maximum atomic E-state index is 5.80. The summed E-state index contributed by atoms with van der Waals surface area (Å²) in [7, 11) is 0. The number of nitrogen functional groups attached to an aromatic ring is 1. The molecule has 2 heterocycles. The van der Waals surface area contributed by atoms with Gasteiger partial charge in [-0.2, -0.15) is 4.98 Å². The molecule has 3 rings (SSSR count). The van der Waals surface area contributed by atoms with E-state index in [4.69, 9.17) is 10.3 Å². The number of thioether (sulfide) groups is 1. The van der Waals surface area contributed by atoms with Crippen molar-refractivity contribution < 1.29 is 4.52 Å². The van der Waals surface area contributed by atoms with Crippen LogP contribution in [0, 0.1) is 6.92 Å². The van der Waals surface area contributed by atoms with Crippen molar-refractivity contribution in [2.24, 2.45) is 0 Å². The maximum absolute atomic E-state index is 5.80. The second-order valence-corrected chi connectivity index (χ2v) is 6.27. The van der Waals surface area contributed by atoms with Gasteiger partial charge in [-0.1, -0.05) is 17.3 Å². The molecule has 0 bridgehead atoms. The Morgan fingerprint density at radius 2 is 2.25 bits per heavy atom. The third-order valence-corrected chi connectivity index (χ3v) is 4.78. The molecule has 3 aromatic rings. The number of aryl methyl sites for hydroxylation is 1. The van der Waals surface area contributed by atoms with Gasteiger partial charge < -0.3 is 10.3 Å². The molecule has 0 saturated carbocycles. The largest absolute Gasteiger partial charge is 0.399 e. The molecule has 0 radical (unpaired) electrons. The minimum absolute atomic E-state index is 0.625. The zero-order valence-corrected chi connectivity index (χ0v) is 12.5. The minimum atomic E-state index is 0.625. The Labute approximate surface area is 125 Å². The van der Waals surface area contributed by atoms with E-state index in [1.54, 1.807) is 23.1 Å². The molecule has 0 fully saturated rings. The fraction of sp³-hybridized carbons (Fsp3) is 0.143. The van der Waals surface area contributed by atoms with Crippen LogP contribution in [0.1, 0.15) is 11.5 Å². The molecule has 0 aliphatic heterocycles. The number of anilines is 1. The van der Waals surface area contributed by atoms with Gasteiger partial charge in [-0.05, 0) is 36.1 Å².